The Labute approximate surface area is 112 Å². The number of thioether (sulfide) groups is 1. The fraction of sp³-hybridized carbons (Fsp3) is 0.818. The zero-order valence-electron chi connectivity index (χ0n) is 10.4. The van der Waals surface area contributed by atoms with Crippen LogP contribution in [0.15, 0.2) is 4.34 Å². The Kier molecular flexibility index (Phi) is 5.61. The third-order valence-corrected chi connectivity index (χ3v) is 5.09. The SMILES string of the molecule is CCc1nsc(SCC(CS)C(C)(C)C)n1. The van der Waals surface area contributed by atoms with Crippen LogP contribution >= 0.6 is 35.9 Å². The number of aryl methyl sites for hydroxylation is 1. The van der Waals surface area contributed by atoms with Gasteiger partial charge in [0, 0.05) is 12.2 Å². The highest BCUT2D eigenvalue weighted by Crippen LogP contribution is 2.32. The third kappa shape index (κ3) is 4.26. The summed E-state index contributed by atoms with van der Waals surface area (Å²) in [5.41, 5.74) is 0.313. The van der Waals surface area contributed by atoms with Gasteiger partial charge in [0.05, 0.1) is 0 Å². The molecular weight excluding hydrogens is 256 g/mol. The number of aromatic nitrogens is 2. The van der Waals surface area contributed by atoms with Gasteiger partial charge in [-0.3, -0.25) is 0 Å². The molecule has 2 nitrogen and oxygen atoms in total. The van der Waals surface area contributed by atoms with Crippen LogP contribution in [0.25, 0.3) is 0 Å². The minimum atomic E-state index is 0.313. The molecule has 1 atom stereocenters. The summed E-state index contributed by atoms with van der Waals surface area (Å²) in [6.45, 7) is 8.90. The van der Waals surface area contributed by atoms with Crippen LogP contribution in [0.4, 0.5) is 0 Å². The van der Waals surface area contributed by atoms with Crippen molar-refractivity contribution in [3.05, 3.63) is 5.82 Å². The Bertz CT molecular complexity index is 317. The first-order chi connectivity index (χ1) is 7.47. The molecule has 92 valence electrons. The zero-order valence-corrected chi connectivity index (χ0v) is 12.9. The number of rotatable bonds is 5. The average Bonchev–Trinajstić information content (AvgIpc) is 2.64. The molecule has 0 amide bonds. The first-order valence-electron chi connectivity index (χ1n) is 5.53. The molecule has 0 aliphatic heterocycles. The maximum Gasteiger partial charge on any atom is 0.170 e. The van der Waals surface area contributed by atoms with Gasteiger partial charge in [0.2, 0.25) is 0 Å². The molecule has 0 radical (unpaired) electrons. The van der Waals surface area contributed by atoms with Gasteiger partial charge in [0.1, 0.15) is 5.82 Å². The van der Waals surface area contributed by atoms with Crippen molar-refractivity contribution in [1.82, 2.24) is 9.36 Å². The Morgan fingerprint density at radius 3 is 2.56 bits per heavy atom. The Morgan fingerprint density at radius 2 is 2.12 bits per heavy atom. The Morgan fingerprint density at radius 1 is 1.44 bits per heavy atom. The second kappa shape index (κ2) is 6.26. The molecule has 0 spiro atoms. The predicted octanol–water partition coefficient (Wildman–Crippen LogP) is 3.78. The Balaban J connectivity index is 2.49. The molecular formula is C11H20N2S3. The smallest absolute Gasteiger partial charge is 0.170 e. The van der Waals surface area contributed by atoms with E-state index in [0.717, 1.165) is 28.1 Å². The maximum absolute atomic E-state index is 4.46. The van der Waals surface area contributed by atoms with Gasteiger partial charge >= 0.3 is 0 Å². The molecule has 0 aliphatic rings. The Hall–Kier alpha value is 0.260. The number of thiol groups is 1. The van der Waals surface area contributed by atoms with E-state index < -0.39 is 0 Å². The molecule has 0 fully saturated rings. The third-order valence-electron chi connectivity index (χ3n) is 2.62. The quantitative estimate of drug-likeness (QED) is 0.654. The standard InChI is InChI=1S/C11H20N2S3/c1-5-9-12-10(16-13-9)15-7-8(6-14)11(2,3)4/h8,14H,5-7H2,1-4H3. The zero-order chi connectivity index (χ0) is 12.2. The lowest BCUT2D eigenvalue weighted by atomic mass is 9.83. The van der Waals surface area contributed by atoms with Gasteiger partial charge in [-0.2, -0.15) is 17.0 Å². The van der Waals surface area contributed by atoms with E-state index >= 15 is 0 Å². The van der Waals surface area contributed by atoms with Gasteiger partial charge in [0.25, 0.3) is 0 Å². The fourth-order valence-corrected chi connectivity index (χ4v) is 4.20. The van der Waals surface area contributed by atoms with Crippen LogP contribution in [0, 0.1) is 11.3 Å². The summed E-state index contributed by atoms with van der Waals surface area (Å²) in [5.74, 6) is 3.57. The van der Waals surface area contributed by atoms with Crippen LogP contribution in [0.1, 0.15) is 33.5 Å². The van der Waals surface area contributed by atoms with Crippen molar-refractivity contribution in [3.8, 4) is 0 Å². The van der Waals surface area contributed by atoms with Crippen molar-refractivity contribution in [3.63, 3.8) is 0 Å². The second-order valence-electron chi connectivity index (χ2n) is 4.89. The first kappa shape index (κ1) is 14.3. The van der Waals surface area contributed by atoms with Gasteiger partial charge in [-0.05, 0) is 28.6 Å². The minimum absolute atomic E-state index is 0.313. The monoisotopic (exact) mass is 276 g/mol. The molecule has 0 bridgehead atoms. The molecule has 0 saturated carbocycles. The van der Waals surface area contributed by atoms with Crippen molar-refractivity contribution in [2.45, 2.75) is 38.5 Å². The average molecular weight is 276 g/mol. The van der Waals surface area contributed by atoms with Crippen LogP contribution in [0.2, 0.25) is 0 Å². The number of nitrogens with zero attached hydrogens (tertiary/aromatic N) is 2. The normalized spacial score (nSPS) is 14.1. The van der Waals surface area contributed by atoms with E-state index in [4.69, 9.17) is 0 Å². The molecule has 1 heterocycles. The number of hydrogen-bond acceptors (Lipinski definition) is 5. The van der Waals surface area contributed by atoms with Gasteiger partial charge in [-0.15, -0.1) is 0 Å². The van der Waals surface area contributed by atoms with Crippen LogP contribution in [0.5, 0.6) is 0 Å². The molecule has 1 rings (SSSR count). The first-order valence-corrected chi connectivity index (χ1v) is 7.92. The summed E-state index contributed by atoms with van der Waals surface area (Å²) in [4.78, 5) is 4.46. The molecule has 0 saturated heterocycles. The van der Waals surface area contributed by atoms with E-state index in [0.29, 0.717) is 11.3 Å². The molecule has 1 aromatic heterocycles. The summed E-state index contributed by atoms with van der Waals surface area (Å²) >= 11 is 7.76. The van der Waals surface area contributed by atoms with E-state index in [9.17, 15) is 0 Å². The highest BCUT2D eigenvalue weighted by Gasteiger charge is 2.23. The summed E-state index contributed by atoms with van der Waals surface area (Å²) in [7, 11) is 0. The van der Waals surface area contributed by atoms with E-state index in [-0.39, 0.29) is 0 Å². The molecule has 0 aromatic carbocycles. The van der Waals surface area contributed by atoms with Crippen molar-refractivity contribution in [2.24, 2.45) is 11.3 Å². The van der Waals surface area contributed by atoms with Crippen LogP contribution in [0.3, 0.4) is 0 Å². The topological polar surface area (TPSA) is 25.8 Å². The van der Waals surface area contributed by atoms with E-state index in [1.807, 2.05) is 11.8 Å². The predicted molar refractivity (Wildman–Crippen MR) is 76.8 cm³/mol. The van der Waals surface area contributed by atoms with Gasteiger partial charge < -0.3 is 0 Å². The summed E-state index contributed by atoms with van der Waals surface area (Å²) < 4.78 is 5.38. The van der Waals surface area contributed by atoms with Crippen molar-refractivity contribution in [1.29, 1.82) is 0 Å². The second-order valence-corrected chi connectivity index (χ2v) is 7.27. The van der Waals surface area contributed by atoms with Crippen LogP contribution in [-0.2, 0) is 6.42 Å². The highest BCUT2D eigenvalue weighted by molar-refractivity contribution is 8.00. The van der Waals surface area contributed by atoms with Crippen molar-refractivity contribution < 1.29 is 0 Å². The maximum atomic E-state index is 4.46. The van der Waals surface area contributed by atoms with Gasteiger partial charge in [-0.25, -0.2) is 4.98 Å². The number of hydrogen-bond donors (Lipinski definition) is 1. The van der Waals surface area contributed by atoms with E-state index in [2.05, 4.69) is 49.7 Å². The van der Waals surface area contributed by atoms with Crippen molar-refractivity contribution >= 4 is 35.9 Å². The minimum Gasteiger partial charge on any atom is -0.213 e. The highest BCUT2D eigenvalue weighted by atomic mass is 32.2. The van der Waals surface area contributed by atoms with Gasteiger partial charge in [-0.1, -0.05) is 39.5 Å². The lowest BCUT2D eigenvalue weighted by molar-refractivity contribution is 0.294. The summed E-state index contributed by atoms with van der Waals surface area (Å²) in [5, 5.41) is 0. The molecule has 16 heavy (non-hydrogen) atoms. The van der Waals surface area contributed by atoms with Crippen molar-refractivity contribution in [2.75, 3.05) is 11.5 Å². The molecule has 5 heteroatoms. The van der Waals surface area contributed by atoms with Crippen LogP contribution < -0.4 is 0 Å². The van der Waals surface area contributed by atoms with E-state index in [1.54, 1.807) is 0 Å². The fourth-order valence-electron chi connectivity index (χ4n) is 1.19. The molecule has 1 aromatic rings. The van der Waals surface area contributed by atoms with Crippen LogP contribution in [-0.4, -0.2) is 20.9 Å². The lowest BCUT2D eigenvalue weighted by Crippen LogP contribution is -2.24. The largest absolute Gasteiger partial charge is 0.213 e. The molecule has 1 unspecified atom stereocenters. The summed E-state index contributed by atoms with van der Waals surface area (Å²) in [6, 6.07) is 0. The molecule has 0 aliphatic carbocycles. The lowest BCUT2D eigenvalue weighted by Gasteiger charge is -2.28. The van der Waals surface area contributed by atoms with E-state index in [1.165, 1.54) is 11.5 Å². The summed E-state index contributed by atoms with van der Waals surface area (Å²) in [6.07, 6.45) is 0.923. The molecule has 0 N–H and O–H groups in total. The van der Waals surface area contributed by atoms with Gasteiger partial charge in [0.15, 0.2) is 4.34 Å².